The average Bonchev–Trinajstić information content (AvgIpc) is 2.87. The van der Waals surface area contributed by atoms with Gasteiger partial charge in [0.15, 0.2) is 8.68 Å². The van der Waals surface area contributed by atoms with E-state index < -0.39 is 0 Å². The van der Waals surface area contributed by atoms with Crippen molar-refractivity contribution in [3.8, 4) is 0 Å². The molecule has 0 saturated carbocycles. The molecule has 1 N–H and O–H groups in total. The van der Waals surface area contributed by atoms with Crippen LogP contribution in [0, 0.1) is 5.82 Å². The highest BCUT2D eigenvalue weighted by Gasteiger charge is 2.13. The fraction of sp³-hybridized carbons (Fsp3) is 0.333. The summed E-state index contributed by atoms with van der Waals surface area (Å²) in [6.45, 7) is 3.54. The number of hydrogen-bond donors (Lipinski definition) is 1. The Morgan fingerprint density at radius 1 is 1.32 bits per heavy atom. The van der Waals surface area contributed by atoms with Crippen molar-refractivity contribution in [2.45, 2.75) is 27.0 Å². The minimum atomic E-state index is -0.207. The third kappa shape index (κ3) is 3.92. The first-order valence-electron chi connectivity index (χ1n) is 5.78. The average molecular weight is 315 g/mol. The summed E-state index contributed by atoms with van der Waals surface area (Å²) in [5, 5.41) is 11.3. The summed E-state index contributed by atoms with van der Waals surface area (Å²) in [5.74, 6) is -0.207. The molecule has 102 valence electrons. The monoisotopic (exact) mass is 315 g/mol. The number of aromatic nitrogens is 2. The Morgan fingerprint density at radius 2 is 2.11 bits per heavy atom. The van der Waals surface area contributed by atoms with Gasteiger partial charge in [0.25, 0.3) is 0 Å². The molecule has 1 heterocycles. The van der Waals surface area contributed by atoms with Crippen LogP contribution in [-0.2, 0) is 6.54 Å². The third-order valence-corrected chi connectivity index (χ3v) is 5.48. The maximum atomic E-state index is 14.0. The number of rotatable bonds is 6. The van der Waals surface area contributed by atoms with Gasteiger partial charge in [-0.1, -0.05) is 53.9 Å². The van der Waals surface area contributed by atoms with Crippen molar-refractivity contribution < 1.29 is 4.39 Å². The van der Waals surface area contributed by atoms with Gasteiger partial charge in [-0.2, -0.15) is 0 Å². The molecular formula is C12H14FN3S3. The van der Waals surface area contributed by atoms with Crippen LogP contribution in [-0.4, -0.2) is 23.0 Å². The standard InChI is InChI=1S/C12H14FN3S3/c1-3-14-7-8-5-4-6-9(13)10(8)18-12-16-15-11(17-2)19-12/h4-6,14H,3,7H2,1-2H3. The van der Waals surface area contributed by atoms with Crippen molar-refractivity contribution >= 4 is 34.9 Å². The van der Waals surface area contributed by atoms with Crippen molar-refractivity contribution in [1.29, 1.82) is 0 Å². The number of hydrogen-bond acceptors (Lipinski definition) is 6. The van der Waals surface area contributed by atoms with Gasteiger partial charge in [0.1, 0.15) is 5.82 Å². The van der Waals surface area contributed by atoms with E-state index in [-0.39, 0.29) is 5.82 Å². The minimum absolute atomic E-state index is 0.207. The summed E-state index contributed by atoms with van der Waals surface area (Å²) in [4.78, 5) is 0.632. The third-order valence-electron chi connectivity index (χ3n) is 2.37. The summed E-state index contributed by atoms with van der Waals surface area (Å²) >= 11 is 4.38. The van der Waals surface area contributed by atoms with Crippen LogP contribution in [0.2, 0.25) is 0 Å². The minimum Gasteiger partial charge on any atom is -0.313 e. The Hall–Kier alpha value is -0.630. The van der Waals surface area contributed by atoms with E-state index in [9.17, 15) is 4.39 Å². The zero-order valence-corrected chi connectivity index (χ0v) is 13.1. The van der Waals surface area contributed by atoms with Crippen molar-refractivity contribution in [3.63, 3.8) is 0 Å². The second-order valence-corrected chi connectivity index (χ2v) is 6.94. The highest BCUT2D eigenvalue weighted by atomic mass is 32.2. The van der Waals surface area contributed by atoms with Gasteiger partial charge in [-0.15, -0.1) is 10.2 Å². The second-order valence-electron chi connectivity index (χ2n) is 3.65. The smallest absolute Gasteiger partial charge is 0.179 e. The molecule has 0 aliphatic rings. The number of benzene rings is 1. The maximum absolute atomic E-state index is 14.0. The topological polar surface area (TPSA) is 37.8 Å². The lowest BCUT2D eigenvalue weighted by Gasteiger charge is -2.08. The molecule has 2 rings (SSSR count). The lowest BCUT2D eigenvalue weighted by Crippen LogP contribution is -2.12. The van der Waals surface area contributed by atoms with Crippen molar-refractivity contribution in [1.82, 2.24) is 15.5 Å². The van der Waals surface area contributed by atoms with Gasteiger partial charge in [-0.25, -0.2) is 4.39 Å². The lowest BCUT2D eigenvalue weighted by molar-refractivity contribution is 0.591. The van der Waals surface area contributed by atoms with Gasteiger partial charge in [-0.3, -0.25) is 0 Å². The zero-order valence-electron chi connectivity index (χ0n) is 10.6. The molecule has 3 nitrogen and oxygen atoms in total. The molecule has 0 amide bonds. The Labute approximate surface area is 124 Å². The van der Waals surface area contributed by atoms with Gasteiger partial charge in [0.05, 0.1) is 4.90 Å². The van der Waals surface area contributed by atoms with E-state index >= 15 is 0 Å². The molecule has 1 aromatic heterocycles. The molecule has 2 aromatic rings. The Kier molecular flexibility index (Phi) is 5.62. The normalized spacial score (nSPS) is 10.9. The Balaban J connectivity index is 2.22. The molecule has 0 fully saturated rings. The Morgan fingerprint density at radius 3 is 2.79 bits per heavy atom. The largest absolute Gasteiger partial charge is 0.313 e. The SMILES string of the molecule is CCNCc1cccc(F)c1Sc1nnc(SC)s1. The van der Waals surface area contributed by atoms with Crippen LogP contribution in [0.3, 0.4) is 0 Å². The highest BCUT2D eigenvalue weighted by molar-refractivity contribution is 8.03. The lowest BCUT2D eigenvalue weighted by atomic mass is 10.2. The van der Waals surface area contributed by atoms with Crippen molar-refractivity contribution in [2.75, 3.05) is 12.8 Å². The molecule has 1 aromatic carbocycles. The molecule has 0 bridgehead atoms. The number of nitrogens with zero attached hydrogens (tertiary/aromatic N) is 2. The predicted molar refractivity (Wildman–Crippen MR) is 79.6 cm³/mol. The van der Waals surface area contributed by atoms with E-state index in [4.69, 9.17) is 0 Å². The quantitative estimate of drug-likeness (QED) is 0.824. The number of halogens is 1. The van der Waals surface area contributed by atoms with Crippen molar-refractivity contribution in [2.24, 2.45) is 0 Å². The van der Waals surface area contributed by atoms with Crippen LogP contribution in [0.5, 0.6) is 0 Å². The van der Waals surface area contributed by atoms with Gasteiger partial charge in [-0.05, 0) is 24.4 Å². The van der Waals surface area contributed by atoms with Crippen LogP contribution < -0.4 is 5.32 Å². The molecule has 7 heteroatoms. The highest BCUT2D eigenvalue weighted by Crippen LogP contribution is 2.36. The van der Waals surface area contributed by atoms with Crippen LogP contribution in [0.1, 0.15) is 12.5 Å². The summed E-state index contributed by atoms with van der Waals surface area (Å²) in [6.07, 6.45) is 1.95. The second kappa shape index (κ2) is 7.23. The summed E-state index contributed by atoms with van der Waals surface area (Å²) < 4.78 is 15.6. The van der Waals surface area contributed by atoms with E-state index in [1.807, 2.05) is 19.2 Å². The Bertz CT molecular complexity index is 545. The predicted octanol–water partition coefficient (Wildman–Crippen LogP) is 3.66. The van der Waals surface area contributed by atoms with Crippen molar-refractivity contribution in [3.05, 3.63) is 29.6 Å². The molecular weight excluding hydrogens is 301 g/mol. The van der Waals surface area contributed by atoms with Gasteiger partial charge < -0.3 is 5.32 Å². The van der Waals surface area contributed by atoms with E-state index in [1.54, 1.807) is 17.8 Å². The van der Waals surface area contributed by atoms with E-state index in [0.717, 1.165) is 20.8 Å². The molecule has 19 heavy (non-hydrogen) atoms. The fourth-order valence-electron chi connectivity index (χ4n) is 1.47. The molecule has 0 unspecified atom stereocenters. The van der Waals surface area contributed by atoms with Gasteiger partial charge >= 0.3 is 0 Å². The first-order valence-corrected chi connectivity index (χ1v) is 8.63. The summed E-state index contributed by atoms with van der Waals surface area (Å²) in [7, 11) is 0. The summed E-state index contributed by atoms with van der Waals surface area (Å²) in [5.41, 5.74) is 0.952. The molecule has 0 atom stereocenters. The van der Waals surface area contributed by atoms with Crippen LogP contribution >= 0.6 is 34.9 Å². The molecule has 0 spiro atoms. The number of nitrogens with one attached hydrogen (secondary N) is 1. The first-order chi connectivity index (χ1) is 9.24. The first kappa shape index (κ1) is 14.8. The molecule has 0 radical (unpaired) electrons. The van der Waals surface area contributed by atoms with Crippen LogP contribution in [0.15, 0.2) is 31.8 Å². The van der Waals surface area contributed by atoms with E-state index in [2.05, 4.69) is 15.5 Å². The molecule has 0 aliphatic heterocycles. The van der Waals surface area contributed by atoms with Crippen LogP contribution in [0.25, 0.3) is 0 Å². The molecule has 0 aliphatic carbocycles. The summed E-state index contributed by atoms with van der Waals surface area (Å²) in [6, 6.07) is 5.15. The van der Waals surface area contributed by atoms with E-state index in [0.29, 0.717) is 11.4 Å². The zero-order chi connectivity index (χ0) is 13.7. The van der Waals surface area contributed by atoms with Crippen LogP contribution in [0.4, 0.5) is 4.39 Å². The van der Waals surface area contributed by atoms with E-state index in [1.165, 1.54) is 29.2 Å². The maximum Gasteiger partial charge on any atom is 0.179 e. The number of thioether (sulfide) groups is 1. The van der Waals surface area contributed by atoms with Gasteiger partial charge in [0, 0.05) is 6.54 Å². The van der Waals surface area contributed by atoms with Gasteiger partial charge in [0.2, 0.25) is 0 Å². The fourth-order valence-corrected chi connectivity index (χ4v) is 3.99. The molecule has 0 saturated heterocycles.